The van der Waals surface area contributed by atoms with Crippen LogP contribution in [0.3, 0.4) is 0 Å². The molecule has 1 N–H and O–H groups in total. The molecule has 2 aromatic rings. The molecule has 2 atom stereocenters. The molecule has 146 valence electrons. The number of amides is 1. The van der Waals surface area contributed by atoms with E-state index in [0.717, 1.165) is 32.7 Å². The minimum atomic E-state index is 0.190. The number of hydrogen-bond donors (Lipinski definition) is 1. The maximum absolute atomic E-state index is 12.2. The van der Waals surface area contributed by atoms with Gasteiger partial charge in [-0.15, -0.1) is 0 Å². The standard InChI is InChI=1S/C23H33N3O/c1-17(2)12-26(19(4)27)14-20-13-25(15-21-9-7-11-24-21)16-23(20)22-10-6-5-8-18(22)3/h5-11,17,20,23-24H,12-16H2,1-4H3. The van der Waals surface area contributed by atoms with Crippen molar-refractivity contribution < 1.29 is 4.79 Å². The summed E-state index contributed by atoms with van der Waals surface area (Å²) in [5.41, 5.74) is 4.04. The van der Waals surface area contributed by atoms with Crippen LogP contribution in [0.25, 0.3) is 0 Å². The number of aromatic nitrogens is 1. The van der Waals surface area contributed by atoms with E-state index in [-0.39, 0.29) is 5.91 Å². The molecule has 1 aliphatic rings. The van der Waals surface area contributed by atoms with Gasteiger partial charge in [0.1, 0.15) is 0 Å². The second kappa shape index (κ2) is 8.75. The molecule has 3 rings (SSSR count). The Labute approximate surface area is 163 Å². The molecule has 1 aromatic carbocycles. The van der Waals surface area contributed by atoms with Gasteiger partial charge in [0.05, 0.1) is 0 Å². The molecule has 0 spiro atoms. The van der Waals surface area contributed by atoms with E-state index in [2.05, 4.69) is 72.0 Å². The Morgan fingerprint density at radius 2 is 2.00 bits per heavy atom. The second-order valence-corrected chi connectivity index (χ2v) is 8.43. The topological polar surface area (TPSA) is 39.3 Å². The predicted octanol–water partition coefficient (Wildman–Crippen LogP) is 4.04. The maximum atomic E-state index is 12.2. The van der Waals surface area contributed by atoms with Gasteiger partial charge in [-0.05, 0) is 42.0 Å². The molecular formula is C23H33N3O. The smallest absolute Gasteiger partial charge is 0.219 e. The molecule has 1 amide bonds. The van der Waals surface area contributed by atoms with E-state index in [0.29, 0.717) is 17.8 Å². The lowest BCUT2D eigenvalue weighted by molar-refractivity contribution is -0.130. The first kappa shape index (κ1) is 19.7. The Bertz CT molecular complexity index is 738. The van der Waals surface area contributed by atoms with E-state index in [1.54, 1.807) is 6.92 Å². The molecule has 0 bridgehead atoms. The monoisotopic (exact) mass is 367 g/mol. The zero-order chi connectivity index (χ0) is 19.4. The van der Waals surface area contributed by atoms with Gasteiger partial charge >= 0.3 is 0 Å². The van der Waals surface area contributed by atoms with E-state index in [1.165, 1.54) is 16.8 Å². The molecule has 27 heavy (non-hydrogen) atoms. The van der Waals surface area contributed by atoms with E-state index in [4.69, 9.17) is 0 Å². The van der Waals surface area contributed by atoms with Gasteiger partial charge in [-0.1, -0.05) is 38.1 Å². The largest absolute Gasteiger partial charge is 0.364 e. The van der Waals surface area contributed by atoms with Crippen LogP contribution < -0.4 is 0 Å². The Morgan fingerprint density at radius 3 is 2.63 bits per heavy atom. The third-order valence-corrected chi connectivity index (χ3v) is 5.65. The highest BCUT2D eigenvalue weighted by Crippen LogP contribution is 2.35. The first-order valence-corrected chi connectivity index (χ1v) is 10.1. The molecular weight excluding hydrogens is 334 g/mol. The highest BCUT2D eigenvalue weighted by molar-refractivity contribution is 5.73. The first-order chi connectivity index (χ1) is 12.9. The zero-order valence-electron chi connectivity index (χ0n) is 17.1. The summed E-state index contributed by atoms with van der Waals surface area (Å²) >= 11 is 0. The number of nitrogens with zero attached hydrogens (tertiary/aromatic N) is 2. The lowest BCUT2D eigenvalue weighted by Gasteiger charge is -2.29. The van der Waals surface area contributed by atoms with Crippen molar-refractivity contribution in [1.82, 2.24) is 14.8 Å². The van der Waals surface area contributed by atoms with Gasteiger partial charge in [0.2, 0.25) is 5.91 Å². The van der Waals surface area contributed by atoms with E-state index in [9.17, 15) is 4.79 Å². The fourth-order valence-corrected chi connectivity index (χ4v) is 4.39. The number of carbonyl (C=O) groups is 1. The number of rotatable bonds is 7. The van der Waals surface area contributed by atoms with Crippen LogP contribution in [0.15, 0.2) is 42.6 Å². The Kier molecular flexibility index (Phi) is 6.38. The summed E-state index contributed by atoms with van der Waals surface area (Å²) in [6.07, 6.45) is 1.99. The molecule has 0 aliphatic carbocycles. The lowest BCUT2D eigenvalue weighted by atomic mass is 9.86. The summed E-state index contributed by atoms with van der Waals surface area (Å²) in [5, 5.41) is 0. The van der Waals surface area contributed by atoms with Gasteiger partial charge < -0.3 is 9.88 Å². The molecule has 1 fully saturated rings. The van der Waals surface area contributed by atoms with Gasteiger partial charge in [0.15, 0.2) is 0 Å². The van der Waals surface area contributed by atoms with Crippen molar-refractivity contribution in [1.29, 1.82) is 0 Å². The number of hydrogen-bond acceptors (Lipinski definition) is 2. The van der Waals surface area contributed by atoms with Gasteiger partial charge in [0, 0.05) is 57.5 Å². The van der Waals surface area contributed by atoms with Crippen molar-refractivity contribution in [3.8, 4) is 0 Å². The summed E-state index contributed by atoms with van der Waals surface area (Å²) in [7, 11) is 0. The quantitative estimate of drug-likeness (QED) is 0.802. The third kappa shape index (κ3) is 5.01. The Morgan fingerprint density at radius 1 is 1.22 bits per heavy atom. The number of likely N-dealkylation sites (tertiary alicyclic amines) is 1. The number of carbonyl (C=O) groups excluding carboxylic acids is 1. The molecule has 0 radical (unpaired) electrons. The third-order valence-electron chi connectivity index (χ3n) is 5.65. The summed E-state index contributed by atoms with van der Waals surface area (Å²) in [5.74, 6) is 1.61. The maximum Gasteiger partial charge on any atom is 0.219 e. The fourth-order valence-electron chi connectivity index (χ4n) is 4.39. The minimum Gasteiger partial charge on any atom is -0.364 e. The van der Waals surface area contributed by atoms with Crippen LogP contribution in [0.4, 0.5) is 0 Å². The average Bonchev–Trinajstić information content (AvgIpc) is 3.25. The summed E-state index contributed by atoms with van der Waals surface area (Å²) in [4.78, 5) is 20.1. The fraction of sp³-hybridized carbons (Fsp3) is 0.522. The Hall–Kier alpha value is -2.07. The average molecular weight is 368 g/mol. The van der Waals surface area contributed by atoms with E-state index >= 15 is 0 Å². The first-order valence-electron chi connectivity index (χ1n) is 10.1. The molecule has 4 heteroatoms. The zero-order valence-corrected chi connectivity index (χ0v) is 17.1. The number of aryl methyl sites for hydroxylation is 1. The minimum absolute atomic E-state index is 0.190. The van der Waals surface area contributed by atoms with Crippen LogP contribution in [-0.2, 0) is 11.3 Å². The molecule has 1 aromatic heterocycles. The summed E-state index contributed by atoms with van der Waals surface area (Å²) in [6.45, 7) is 13.0. The molecule has 0 saturated carbocycles. The van der Waals surface area contributed by atoms with E-state index in [1.807, 2.05) is 6.20 Å². The van der Waals surface area contributed by atoms with Crippen LogP contribution in [0.1, 0.15) is 43.5 Å². The Balaban J connectivity index is 1.80. The number of benzene rings is 1. The second-order valence-electron chi connectivity index (χ2n) is 8.43. The van der Waals surface area contributed by atoms with Crippen LogP contribution in [0.5, 0.6) is 0 Å². The predicted molar refractivity (Wildman–Crippen MR) is 111 cm³/mol. The molecule has 2 heterocycles. The molecule has 1 aliphatic heterocycles. The highest BCUT2D eigenvalue weighted by Gasteiger charge is 2.36. The van der Waals surface area contributed by atoms with Gasteiger partial charge in [0.25, 0.3) is 0 Å². The van der Waals surface area contributed by atoms with Gasteiger partial charge in [-0.25, -0.2) is 0 Å². The molecule has 2 unspecified atom stereocenters. The van der Waals surface area contributed by atoms with Crippen LogP contribution in [-0.4, -0.2) is 46.9 Å². The van der Waals surface area contributed by atoms with Crippen molar-refractivity contribution in [2.75, 3.05) is 26.2 Å². The summed E-state index contributed by atoms with van der Waals surface area (Å²) < 4.78 is 0. The number of aromatic amines is 1. The van der Waals surface area contributed by atoms with Crippen LogP contribution in [0, 0.1) is 18.8 Å². The van der Waals surface area contributed by atoms with Crippen molar-refractivity contribution >= 4 is 5.91 Å². The van der Waals surface area contributed by atoms with Crippen molar-refractivity contribution in [3.05, 3.63) is 59.4 Å². The van der Waals surface area contributed by atoms with Crippen molar-refractivity contribution in [2.45, 2.75) is 40.2 Å². The molecule has 4 nitrogen and oxygen atoms in total. The van der Waals surface area contributed by atoms with Crippen molar-refractivity contribution in [3.63, 3.8) is 0 Å². The van der Waals surface area contributed by atoms with Gasteiger partial charge in [-0.2, -0.15) is 0 Å². The molecule has 1 saturated heterocycles. The normalized spacial score (nSPS) is 20.3. The van der Waals surface area contributed by atoms with Gasteiger partial charge in [-0.3, -0.25) is 9.69 Å². The number of nitrogens with one attached hydrogen (secondary N) is 1. The van der Waals surface area contributed by atoms with E-state index < -0.39 is 0 Å². The SMILES string of the molecule is CC(=O)N(CC(C)C)CC1CN(Cc2ccc[nH]2)CC1c1ccccc1C. The van der Waals surface area contributed by atoms with Crippen LogP contribution in [0.2, 0.25) is 0 Å². The van der Waals surface area contributed by atoms with Crippen molar-refractivity contribution in [2.24, 2.45) is 11.8 Å². The van der Waals surface area contributed by atoms with Crippen LogP contribution >= 0.6 is 0 Å². The highest BCUT2D eigenvalue weighted by atomic mass is 16.2. The number of H-pyrrole nitrogens is 1. The summed E-state index contributed by atoms with van der Waals surface area (Å²) in [6, 6.07) is 12.9. The lowest BCUT2D eigenvalue weighted by Crippen LogP contribution is -2.38.